The summed E-state index contributed by atoms with van der Waals surface area (Å²) in [6.07, 6.45) is -4.63. The molecule has 2 amide bonds. The van der Waals surface area contributed by atoms with Crippen molar-refractivity contribution >= 4 is 29.2 Å². The number of hydrogen-bond acceptors (Lipinski definition) is 4. The van der Waals surface area contributed by atoms with Gasteiger partial charge >= 0.3 is 12.1 Å². The van der Waals surface area contributed by atoms with Gasteiger partial charge in [-0.05, 0) is 36.4 Å². The van der Waals surface area contributed by atoms with Crippen LogP contribution in [-0.4, -0.2) is 24.9 Å². The Morgan fingerprint density at radius 1 is 0.926 bits per heavy atom. The molecule has 0 saturated carbocycles. The molecular formula is C18H15F3N2O4. The Kier molecular flexibility index (Phi) is 5.84. The summed E-state index contributed by atoms with van der Waals surface area (Å²) in [5.74, 6) is -1.94. The highest BCUT2D eigenvalue weighted by atomic mass is 19.4. The number of rotatable bonds is 4. The number of anilines is 2. The smallest absolute Gasteiger partial charge is 0.416 e. The quantitative estimate of drug-likeness (QED) is 0.792. The van der Waals surface area contributed by atoms with Gasteiger partial charge in [0.05, 0.1) is 29.6 Å². The zero-order valence-corrected chi connectivity index (χ0v) is 14.3. The maximum Gasteiger partial charge on any atom is 0.416 e. The third-order valence-electron chi connectivity index (χ3n) is 3.45. The maximum atomic E-state index is 13.0. The summed E-state index contributed by atoms with van der Waals surface area (Å²) < 4.78 is 43.4. The van der Waals surface area contributed by atoms with Gasteiger partial charge in [0.15, 0.2) is 0 Å². The molecule has 6 nitrogen and oxygen atoms in total. The fourth-order valence-corrected chi connectivity index (χ4v) is 2.22. The van der Waals surface area contributed by atoms with Crippen molar-refractivity contribution in [1.29, 1.82) is 0 Å². The average Bonchev–Trinajstić information content (AvgIpc) is 2.61. The van der Waals surface area contributed by atoms with Crippen LogP contribution in [0.5, 0.6) is 0 Å². The van der Waals surface area contributed by atoms with Crippen molar-refractivity contribution in [3.05, 3.63) is 59.2 Å². The molecule has 2 N–H and O–H groups in total. The van der Waals surface area contributed by atoms with Gasteiger partial charge in [-0.15, -0.1) is 0 Å². The SMILES string of the molecule is COC(=O)c1cccc(C(=O)Nc2cc(C(F)(F)F)ccc2NC(C)=O)c1. The van der Waals surface area contributed by atoms with E-state index >= 15 is 0 Å². The van der Waals surface area contributed by atoms with Crippen LogP contribution >= 0.6 is 0 Å². The van der Waals surface area contributed by atoms with Gasteiger partial charge in [-0.1, -0.05) is 6.07 Å². The topological polar surface area (TPSA) is 84.5 Å². The van der Waals surface area contributed by atoms with E-state index in [-0.39, 0.29) is 22.5 Å². The first-order valence-corrected chi connectivity index (χ1v) is 7.60. The Hall–Kier alpha value is -3.36. The van der Waals surface area contributed by atoms with Crippen molar-refractivity contribution in [3.8, 4) is 0 Å². The number of carbonyl (C=O) groups is 3. The number of hydrogen-bond donors (Lipinski definition) is 2. The van der Waals surface area contributed by atoms with E-state index in [2.05, 4.69) is 15.4 Å². The maximum absolute atomic E-state index is 13.0. The van der Waals surface area contributed by atoms with E-state index in [1.165, 1.54) is 38.3 Å². The molecule has 0 bridgehead atoms. The lowest BCUT2D eigenvalue weighted by molar-refractivity contribution is -0.137. The van der Waals surface area contributed by atoms with E-state index in [0.717, 1.165) is 12.1 Å². The largest absolute Gasteiger partial charge is 0.465 e. The van der Waals surface area contributed by atoms with Crippen molar-refractivity contribution in [2.75, 3.05) is 17.7 Å². The van der Waals surface area contributed by atoms with Gasteiger partial charge in [0.25, 0.3) is 5.91 Å². The van der Waals surface area contributed by atoms with Crippen LogP contribution in [-0.2, 0) is 15.7 Å². The van der Waals surface area contributed by atoms with Crippen LogP contribution in [0.2, 0.25) is 0 Å². The molecule has 2 rings (SSSR count). The monoisotopic (exact) mass is 380 g/mol. The lowest BCUT2D eigenvalue weighted by Gasteiger charge is -2.15. The molecule has 142 valence electrons. The zero-order chi connectivity index (χ0) is 20.2. The first kappa shape index (κ1) is 20.0. The fourth-order valence-electron chi connectivity index (χ4n) is 2.22. The Balaban J connectivity index is 2.38. The molecule has 9 heteroatoms. The van der Waals surface area contributed by atoms with E-state index in [0.29, 0.717) is 6.07 Å². The highest BCUT2D eigenvalue weighted by Gasteiger charge is 2.31. The Bertz CT molecular complexity index is 894. The number of nitrogens with one attached hydrogen (secondary N) is 2. The Morgan fingerprint density at radius 2 is 1.59 bits per heavy atom. The second-order valence-corrected chi connectivity index (χ2v) is 5.47. The summed E-state index contributed by atoms with van der Waals surface area (Å²) in [6.45, 7) is 1.18. The number of amides is 2. The van der Waals surface area contributed by atoms with Crippen molar-refractivity contribution in [1.82, 2.24) is 0 Å². The van der Waals surface area contributed by atoms with Gasteiger partial charge in [-0.2, -0.15) is 13.2 Å². The Labute approximate surface area is 152 Å². The number of alkyl halides is 3. The first-order valence-electron chi connectivity index (χ1n) is 7.60. The molecule has 0 fully saturated rings. The molecule has 0 aliphatic carbocycles. The summed E-state index contributed by atoms with van der Waals surface area (Å²) in [4.78, 5) is 35.2. The summed E-state index contributed by atoms with van der Waals surface area (Å²) in [7, 11) is 1.18. The number of benzene rings is 2. The molecule has 0 atom stereocenters. The Morgan fingerprint density at radius 3 is 2.19 bits per heavy atom. The molecule has 0 spiro atoms. The lowest BCUT2D eigenvalue weighted by atomic mass is 10.1. The van der Waals surface area contributed by atoms with Crippen molar-refractivity contribution in [3.63, 3.8) is 0 Å². The second kappa shape index (κ2) is 7.90. The van der Waals surface area contributed by atoms with E-state index in [9.17, 15) is 27.6 Å². The lowest BCUT2D eigenvalue weighted by Crippen LogP contribution is -2.17. The number of halogens is 3. The standard InChI is InChI=1S/C18H15F3N2O4/c1-10(24)22-14-7-6-13(18(19,20)21)9-15(14)23-16(25)11-4-3-5-12(8-11)17(26)27-2/h3-9H,1-2H3,(H,22,24)(H,23,25). The van der Waals surface area contributed by atoms with Crippen molar-refractivity contribution in [2.24, 2.45) is 0 Å². The average molecular weight is 380 g/mol. The van der Waals surface area contributed by atoms with Crippen molar-refractivity contribution < 1.29 is 32.3 Å². The van der Waals surface area contributed by atoms with Crippen LogP contribution in [0.25, 0.3) is 0 Å². The molecular weight excluding hydrogens is 365 g/mol. The third kappa shape index (κ3) is 5.06. The zero-order valence-electron chi connectivity index (χ0n) is 14.3. The minimum absolute atomic E-state index is 0.00738. The molecule has 0 heterocycles. The van der Waals surface area contributed by atoms with Gasteiger partial charge < -0.3 is 15.4 Å². The molecule has 0 aliphatic rings. The van der Waals surface area contributed by atoms with Gasteiger partial charge in [0.2, 0.25) is 5.91 Å². The number of ether oxygens (including phenoxy) is 1. The summed E-state index contributed by atoms with van der Waals surface area (Å²) in [5.41, 5.74) is -1.07. The predicted octanol–water partition coefficient (Wildman–Crippen LogP) is 3.70. The molecule has 0 aromatic heterocycles. The van der Waals surface area contributed by atoms with Crippen molar-refractivity contribution in [2.45, 2.75) is 13.1 Å². The highest BCUT2D eigenvalue weighted by molar-refractivity contribution is 6.08. The summed E-state index contributed by atoms with van der Waals surface area (Å²) >= 11 is 0. The van der Waals surface area contributed by atoms with Crippen LogP contribution in [0.15, 0.2) is 42.5 Å². The summed E-state index contributed by atoms with van der Waals surface area (Å²) in [6, 6.07) is 8.04. The molecule has 0 unspecified atom stereocenters. The van der Waals surface area contributed by atoms with Gasteiger partial charge in [-0.25, -0.2) is 4.79 Å². The van der Waals surface area contributed by atoms with E-state index in [4.69, 9.17) is 0 Å². The predicted molar refractivity (Wildman–Crippen MR) is 91.5 cm³/mol. The van der Waals surface area contributed by atoms with Crippen LogP contribution < -0.4 is 10.6 Å². The molecule has 0 aliphatic heterocycles. The van der Waals surface area contributed by atoms with Crippen LogP contribution in [0, 0.1) is 0 Å². The minimum Gasteiger partial charge on any atom is -0.465 e. The molecule has 0 saturated heterocycles. The fraction of sp³-hybridized carbons (Fsp3) is 0.167. The molecule has 0 radical (unpaired) electrons. The number of esters is 1. The van der Waals surface area contributed by atoms with Crippen LogP contribution in [0.4, 0.5) is 24.5 Å². The molecule has 2 aromatic carbocycles. The van der Waals surface area contributed by atoms with E-state index in [1.54, 1.807) is 0 Å². The van der Waals surface area contributed by atoms with E-state index < -0.39 is 29.5 Å². The second-order valence-electron chi connectivity index (χ2n) is 5.47. The third-order valence-corrected chi connectivity index (χ3v) is 3.45. The normalized spacial score (nSPS) is 10.9. The van der Waals surface area contributed by atoms with Gasteiger partial charge in [0.1, 0.15) is 0 Å². The number of carbonyl (C=O) groups excluding carboxylic acids is 3. The molecule has 2 aromatic rings. The highest BCUT2D eigenvalue weighted by Crippen LogP contribution is 2.34. The van der Waals surface area contributed by atoms with Gasteiger partial charge in [-0.3, -0.25) is 9.59 Å². The minimum atomic E-state index is -4.63. The summed E-state index contributed by atoms with van der Waals surface area (Å²) in [5, 5.41) is 4.68. The van der Waals surface area contributed by atoms with Crippen LogP contribution in [0.1, 0.15) is 33.2 Å². The first-order chi connectivity index (χ1) is 12.6. The van der Waals surface area contributed by atoms with E-state index in [1.807, 2.05) is 0 Å². The number of methoxy groups -OCH3 is 1. The molecule has 27 heavy (non-hydrogen) atoms. The van der Waals surface area contributed by atoms with Crippen LogP contribution in [0.3, 0.4) is 0 Å². The van der Waals surface area contributed by atoms with Gasteiger partial charge in [0, 0.05) is 12.5 Å².